The van der Waals surface area contributed by atoms with Crippen LogP contribution in [-0.4, -0.2) is 28.2 Å². The number of amides is 1. The summed E-state index contributed by atoms with van der Waals surface area (Å²) in [5.41, 5.74) is 4.67. The van der Waals surface area contributed by atoms with E-state index in [1.165, 1.54) is 0 Å². The van der Waals surface area contributed by atoms with E-state index in [-0.39, 0.29) is 11.8 Å². The van der Waals surface area contributed by atoms with Crippen molar-refractivity contribution >= 4 is 11.7 Å². The molecule has 1 saturated carbocycles. The SMILES string of the molecule is O=C1NN=C(N2CCc3nc(-c4ccccc4)oc3C2)C2CC12. The smallest absolute Gasteiger partial charge is 0.243 e. The molecule has 6 nitrogen and oxygen atoms in total. The van der Waals surface area contributed by atoms with Gasteiger partial charge >= 0.3 is 0 Å². The molecule has 0 bridgehead atoms. The Morgan fingerprint density at radius 3 is 2.96 bits per heavy atom. The van der Waals surface area contributed by atoms with E-state index in [0.29, 0.717) is 18.4 Å². The Kier molecular flexibility index (Phi) is 2.62. The first-order chi connectivity index (χ1) is 11.3. The van der Waals surface area contributed by atoms with Gasteiger partial charge in [0.1, 0.15) is 11.6 Å². The number of carbonyl (C=O) groups is 1. The number of aromatic nitrogens is 1. The maximum atomic E-state index is 11.6. The van der Waals surface area contributed by atoms with Crippen LogP contribution in [0.4, 0.5) is 0 Å². The third-order valence-corrected chi connectivity index (χ3v) is 4.82. The highest BCUT2D eigenvalue weighted by Gasteiger charge is 2.51. The van der Waals surface area contributed by atoms with Crippen LogP contribution < -0.4 is 5.43 Å². The number of carbonyl (C=O) groups excluding carboxylic acids is 1. The van der Waals surface area contributed by atoms with Crippen LogP contribution in [0.25, 0.3) is 11.5 Å². The molecule has 1 amide bonds. The topological polar surface area (TPSA) is 70.7 Å². The fourth-order valence-corrected chi connectivity index (χ4v) is 3.45. The molecular weight excluding hydrogens is 292 g/mol. The summed E-state index contributed by atoms with van der Waals surface area (Å²) in [6.07, 6.45) is 1.76. The minimum atomic E-state index is 0.0578. The van der Waals surface area contributed by atoms with Crippen LogP contribution in [0.1, 0.15) is 17.9 Å². The summed E-state index contributed by atoms with van der Waals surface area (Å²) in [4.78, 5) is 18.4. The highest BCUT2D eigenvalue weighted by Crippen LogP contribution is 2.43. The summed E-state index contributed by atoms with van der Waals surface area (Å²) in [7, 11) is 0. The number of hydrogen-bond donors (Lipinski definition) is 1. The molecule has 2 unspecified atom stereocenters. The summed E-state index contributed by atoms with van der Waals surface area (Å²) in [6, 6.07) is 9.96. The van der Waals surface area contributed by atoms with Crippen LogP contribution in [0, 0.1) is 11.8 Å². The fraction of sp³-hybridized carbons (Fsp3) is 0.353. The lowest BCUT2D eigenvalue weighted by molar-refractivity contribution is -0.122. The van der Waals surface area contributed by atoms with Crippen molar-refractivity contribution < 1.29 is 9.21 Å². The van der Waals surface area contributed by atoms with E-state index in [9.17, 15) is 4.79 Å². The van der Waals surface area contributed by atoms with Crippen LogP contribution in [0.3, 0.4) is 0 Å². The molecule has 3 aliphatic rings. The van der Waals surface area contributed by atoms with E-state index in [0.717, 1.165) is 42.2 Å². The monoisotopic (exact) mass is 308 g/mol. The molecule has 1 aromatic heterocycles. The number of nitrogens with one attached hydrogen (secondary N) is 1. The lowest BCUT2D eigenvalue weighted by Crippen LogP contribution is -2.41. The first-order valence-electron chi connectivity index (χ1n) is 7.96. The van der Waals surface area contributed by atoms with Gasteiger partial charge in [-0.15, -0.1) is 0 Å². The van der Waals surface area contributed by atoms with Crippen LogP contribution in [0.5, 0.6) is 0 Å². The highest BCUT2D eigenvalue weighted by molar-refractivity contribution is 5.98. The zero-order chi connectivity index (χ0) is 15.4. The fourth-order valence-electron chi connectivity index (χ4n) is 3.45. The lowest BCUT2D eigenvalue weighted by Gasteiger charge is -2.29. The van der Waals surface area contributed by atoms with Crippen LogP contribution in [-0.2, 0) is 17.8 Å². The molecule has 6 heteroatoms. The number of benzene rings is 1. The van der Waals surface area contributed by atoms with Gasteiger partial charge in [-0.05, 0) is 18.6 Å². The zero-order valence-corrected chi connectivity index (χ0v) is 12.5. The predicted octanol–water partition coefficient (Wildman–Crippen LogP) is 1.78. The molecule has 1 N–H and O–H groups in total. The minimum absolute atomic E-state index is 0.0578. The molecule has 1 fully saturated rings. The molecule has 1 aliphatic carbocycles. The average molecular weight is 308 g/mol. The van der Waals surface area contributed by atoms with Crippen molar-refractivity contribution in [3.63, 3.8) is 0 Å². The molecule has 0 spiro atoms. The minimum Gasteiger partial charge on any atom is -0.439 e. The van der Waals surface area contributed by atoms with Gasteiger partial charge in [0.25, 0.3) is 0 Å². The largest absolute Gasteiger partial charge is 0.439 e. The molecule has 23 heavy (non-hydrogen) atoms. The van der Waals surface area contributed by atoms with Crippen molar-refractivity contribution in [2.24, 2.45) is 16.9 Å². The molecule has 0 saturated heterocycles. The summed E-state index contributed by atoms with van der Waals surface area (Å²) in [5, 5.41) is 4.28. The van der Waals surface area contributed by atoms with Gasteiger partial charge in [0.15, 0.2) is 0 Å². The average Bonchev–Trinajstić information content (AvgIpc) is 3.28. The van der Waals surface area contributed by atoms with E-state index in [1.807, 2.05) is 30.3 Å². The number of fused-ring (bicyclic) bond motifs is 2. The van der Waals surface area contributed by atoms with E-state index >= 15 is 0 Å². The number of oxazole rings is 1. The zero-order valence-electron chi connectivity index (χ0n) is 12.5. The second-order valence-corrected chi connectivity index (χ2v) is 6.32. The van der Waals surface area contributed by atoms with Crippen LogP contribution in [0.15, 0.2) is 39.9 Å². The molecule has 2 aliphatic heterocycles. The van der Waals surface area contributed by atoms with Gasteiger partial charge in [0.2, 0.25) is 11.8 Å². The van der Waals surface area contributed by atoms with Gasteiger partial charge in [-0.3, -0.25) is 4.79 Å². The first kappa shape index (κ1) is 12.9. The van der Waals surface area contributed by atoms with Crippen LogP contribution >= 0.6 is 0 Å². The molecule has 2 atom stereocenters. The van der Waals surface area contributed by atoms with Gasteiger partial charge < -0.3 is 9.32 Å². The number of hydrazone groups is 1. The molecule has 3 heterocycles. The van der Waals surface area contributed by atoms with Crippen LogP contribution in [0.2, 0.25) is 0 Å². The number of rotatable bonds is 1. The molecule has 1 aromatic carbocycles. The van der Waals surface area contributed by atoms with E-state index in [1.54, 1.807) is 0 Å². The Morgan fingerprint density at radius 2 is 2.09 bits per heavy atom. The Labute approximate surface area is 133 Å². The van der Waals surface area contributed by atoms with Crippen molar-refractivity contribution in [3.05, 3.63) is 41.8 Å². The van der Waals surface area contributed by atoms with Crippen molar-refractivity contribution in [1.29, 1.82) is 0 Å². The van der Waals surface area contributed by atoms with Gasteiger partial charge in [0, 0.05) is 24.4 Å². The number of hydrogen-bond acceptors (Lipinski definition) is 5. The van der Waals surface area contributed by atoms with E-state index < -0.39 is 0 Å². The molecule has 116 valence electrons. The Hall–Kier alpha value is -2.63. The van der Waals surface area contributed by atoms with E-state index in [2.05, 4.69) is 20.4 Å². The first-order valence-corrected chi connectivity index (χ1v) is 7.96. The quantitative estimate of drug-likeness (QED) is 0.872. The summed E-state index contributed by atoms with van der Waals surface area (Å²) < 4.78 is 5.99. The Morgan fingerprint density at radius 1 is 1.22 bits per heavy atom. The van der Waals surface area contributed by atoms with Gasteiger partial charge in [0.05, 0.1) is 18.2 Å². The third-order valence-electron chi connectivity index (χ3n) is 4.82. The molecule has 2 aromatic rings. The van der Waals surface area contributed by atoms with E-state index in [4.69, 9.17) is 4.42 Å². The highest BCUT2D eigenvalue weighted by atomic mass is 16.4. The normalized spacial score (nSPS) is 25.3. The Bertz CT molecular complexity index is 811. The maximum absolute atomic E-state index is 11.6. The Balaban J connectivity index is 1.41. The third kappa shape index (κ3) is 2.05. The molecular formula is C17H16N4O2. The molecule has 0 radical (unpaired) electrons. The number of amidine groups is 1. The second kappa shape index (κ2) is 4.68. The summed E-state index contributed by atoms with van der Waals surface area (Å²) in [5.74, 6) is 3.06. The van der Waals surface area contributed by atoms with Crippen molar-refractivity contribution in [2.75, 3.05) is 6.54 Å². The van der Waals surface area contributed by atoms with Gasteiger partial charge in [-0.25, -0.2) is 10.4 Å². The summed E-state index contributed by atoms with van der Waals surface area (Å²) in [6.45, 7) is 1.54. The lowest BCUT2D eigenvalue weighted by atomic mass is 10.1. The van der Waals surface area contributed by atoms with Crippen molar-refractivity contribution in [2.45, 2.75) is 19.4 Å². The van der Waals surface area contributed by atoms with Gasteiger partial charge in [-0.1, -0.05) is 18.2 Å². The standard InChI is InChI=1S/C17H16N4O2/c22-16-12-8-11(12)15(19-20-16)21-7-6-13-14(9-21)23-17(18-13)10-4-2-1-3-5-10/h1-5,11-12H,6-9H2,(H,20,22). The maximum Gasteiger partial charge on any atom is 0.243 e. The van der Waals surface area contributed by atoms with Crippen molar-refractivity contribution in [1.82, 2.24) is 15.3 Å². The summed E-state index contributed by atoms with van der Waals surface area (Å²) >= 11 is 0. The number of nitrogens with zero attached hydrogens (tertiary/aromatic N) is 3. The van der Waals surface area contributed by atoms with Crippen molar-refractivity contribution in [3.8, 4) is 11.5 Å². The second-order valence-electron chi connectivity index (χ2n) is 6.32. The molecule has 5 rings (SSSR count). The predicted molar refractivity (Wildman–Crippen MR) is 83.2 cm³/mol. The van der Waals surface area contributed by atoms with Gasteiger partial charge in [-0.2, -0.15) is 5.10 Å².